The zero-order valence-corrected chi connectivity index (χ0v) is 14.9. The van der Waals surface area contributed by atoms with Gasteiger partial charge in [-0.25, -0.2) is 0 Å². The second-order valence-corrected chi connectivity index (χ2v) is 7.62. The van der Waals surface area contributed by atoms with Gasteiger partial charge in [-0.1, -0.05) is 42.5 Å². The topological polar surface area (TPSA) is 29.1 Å². The number of rotatable bonds is 3. The van der Waals surface area contributed by atoms with Crippen LogP contribution in [0.25, 0.3) is 11.1 Å². The molecule has 1 amide bonds. The number of benzene rings is 2. The van der Waals surface area contributed by atoms with Crippen LogP contribution in [-0.4, -0.2) is 12.2 Å². The summed E-state index contributed by atoms with van der Waals surface area (Å²) in [6.07, 6.45) is 2.59. The van der Waals surface area contributed by atoms with Crippen LogP contribution >= 0.6 is 23.1 Å². The van der Waals surface area contributed by atoms with Crippen LogP contribution in [-0.2, 0) is 4.79 Å². The van der Waals surface area contributed by atoms with Crippen molar-refractivity contribution in [3.8, 4) is 11.1 Å². The van der Waals surface area contributed by atoms with Crippen LogP contribution in [0.2, 0.25) is 0 Å². The van der Waals surface area contributed by atoms with Crippen molar-refractivity contribution < 1.29 is 4.79 Å². The van der Waals surface area contributed by atoms with E-state index in [-0.39, 0.29) is 11.8 Å². The summed E-state index contributed by atoms with van der Waals surface area (Å²) in [5.74, 6) is 0.240. The smallest absolute Gasteiger partial charge is 0.225 e. The number of carbonyl (C=O) groups is 1. The maximum Gasteiger partial charge on any atom is 0.225 e. The average molecular weight is 351 g/mol. The van der Waals surface area contributed by atoms with Gasteiger partial charge in [-0.2, -0.15) is 0 Å². The molecule has 1 aromatic heterocycles. The van der Waals surface area contributed by atoms with Crippen molar-refractivity contribution in [2.75, 3.05) is 11.6 Å². The summed E-state index contributed by atoms with van der Waals surface area (Å²) < 4.78 is 0. The summed E-state index contributed by atoms with van der Waals surface area (Å²) >= 11 is 3.48. The van der Waals surface area contributed by atoms with Crippen molar-refractivity contribution in [3.05, 3.63) is 70.4 Å². The highest BCUT2D eigenvalue weighted by Crippen LogP contribution is 2.46. The molecule has 1 aliphatic heterocycles. The first-order chi connectivity index (χ1) is 11.8. The van der Waals surface area contributed by atoms with Crippen molar-refractivity contribution in [1.29, 1.82) is 0 Å². The van der Waals surface area contributed by atoms with E-state index in [2.05, 4.69) is 53.4 Å². The Kier molecular flexibility index (Phi) is 4.17. The fourth-order valence-electron chi connectivity index (χ4n) is 3.16. The summed E-state index contributed by atoms with van der Waals surface area (Å²) in [4.78, 5) is 14.8. The van der Waals surface area contributed by atoms with Crippen molar-refractivity contribution in [2.45, 2.75) is 17.2 Å². The zero-order valence-electron chi connectivity index (χ0n) is 13.3. The summed E-state index contributed by atoms with van der Waals surface area (Å²) in [7, 11) is 0. The first kappa shape index (κ1) is 15.5. The minimum atomic E-state index is 0.0945. The largest absolute Gasteiger partial charge is 0.325 e. The van der Waals surface area contributed by atoms with E-state index in [1.54, 1.807) is 23.1 Å². The molecule has 1 atom stereocenters. The van der Waals surface area contributed by atoms with Gasteiger partial charge >= 0.3 is 0 Å². The van der Waals surface area contributed by atoms with Gasteiger partial charge in [0.2, 0.25) is 5.91 Å². The number of hydrogen-bond donors (Lipinski definition) is 1. The lowest BCUT2D eigenvalue weighted by Gasteiger charge is -2.24. The number of fused-ring (bicyclic) bond motifs is 1. The van der Waals surface area contributed by atoms with Crippen molar-refractivity contribution >= 4 is 34.7 Å². The molecule has 0 spiro atoms. The maximum atomic E-state index is 12.3. The molecular formula is C20H17NOS2. The molecule has 0 bridgehead atoms. The van der Waals surface area contributed by atoms with Crippen LogP contribution in [0.3, 0.4) is 0 Å². The minimum absolute atomic E-state index is 0.0945. The summed E-state index contributed by atoms with van der Waals surface area (Å²) in [5, 5.41) is 5.26. The standard InChI is InChI=1S/C20H17NOS2/c1-23-15-9-7-14(8-10-15)16-11-18(22)21-19-17(12-24-20(16)19)13-5-3-2-4-6-13/h2-10,12,16H,11H2,1H3,(H,21,22)/t16-/m1/s1. The lowest BCUT2D eigenvalue weighted by Crippen LogP contribution is -2.22. The molecule has 4 rings (SSSR count). The van der Waals surface area contributed by atoms with Crippen molar-refractivity contribution in [1.82, 2.24) is 0 Å². The van der Waals surface area contributed by atoms with Gasteiger partial charge < -0.3 is 5.32 Å². The van der Waals surface area contributed by atoms with E-state index >= 15 is 0 Å². The van der Waals surface area contributed by atoms with Gasteiger partial charge in [0, 0.05) is 33.1 Å². The number of carbonyl (C=O) groups excluding carboxylic acids is 1. The number of thioether (sulfide) groups is 1. The molecule has 0 aliphatic carbocycles. The third-order valence-electron chi connectivity index (χ3n) is 4.39. The van der Waals surface area contributed by atoms with E-state index in [9.17, 15) is 4.79 Å². The van der Waals surface area contributed by atoms with E-state index in [0.29, 0.717) is 6.42 Å². The average Bonchev–Trinajstić information content (AvgIpc) is 3.05. The van der Waals surface area contributed by atoms with Gasteiger partial charge in [0.25, 0.3) is 0 Å². The summed E-state index contributed by atoms with van der Waals surface area (Å²) in [6, 6.07) is 18.8. The van der Waals surface area contributed by atoms with Crippen LogP contribution in [0, 0.1) is 0 Å². The van der Waals surface area contributed by atoms with E-state index in [4.69, 9.17) is 0 Å². The van der Waals surface area contributed by atoms with Crippen LogP contribution < -0.4 is 5.32 Å². The maximum absolute atomic E-state index is 12.3. The zero-order chi connectivity index (χ0) is 16.5. The number of nitrogens with one attached hydrogen (secondary N) is 1. The fourth-order valence-corrected chi connectivity index (χ4v) is 4.73. The molecular weight excluding hydrogens is 334 g/mol. The van der Waals surface area contributed by atoms with E-state index in [0.717, 1.165) is 16.8 Å². The second-order valence-electron chi connectivity index (χ2n) is 5.83. The Hall–Kier alpha value is -2.04. The summed E-state index contributed by atoms with van der Waals surface area (Å²) in [6.45, 7) is 0. The van der Waals surface area contributed by atoms with Crippen molar-refractivity contribution in [3.63, 3.8) is 0 Å². The third kappa shape index (κ3) is 2.76. The van der Waals surface area contributed by atoms with Gasteiger partial charge in [0.05, 0.1) is 5.69 Å². The molecule has 4 heteroatoms. The van der Waals surface area contributed by atoms with Gasteiger partial charge in [0.1, 0.15) is 0 Å². The van der Waals surface area contributed by atoms with Crippen LogP contribution in [0.5, 0.6) is 0 Å². The first-order valence-electron chi connectivity index (χ1n) is 7.87. The molecule has 2 nitrogen and oxygen atoms in total. The Labute approximate surface area is 149 Å². The van der Waals surface area contributed by atoms with E-state index in [1.165, 1.54) is 15.3 Å². The molecule has 120 valence electrons. The van der Waals surface area contributed by atoms with Gasteiger partial charge in [-0.15, -0.1) is 23.1 Å². The Bertz CT molecular complexity index is 868. The molecule has 3 aromatic rings. The normalized spacial score (nSPS) is 16.5. The van der Waals surface area contributed by atoms with Gasteiger partial charge in [-0.05, 0) is 29.5 Å². The van der Waals surface area contributed by atoms with Gasteiger partial charge in [-0.3, -0.25) is 4.79 Å². The van der Waals surface area contributed by atoms with Crippen LogP contribution in [0.4, 0.5) is 5.69 Å². The Morgan fingerprint density at radius 1 is 1.08 bits per heavy atom. The minimum Gasteiger partial charge on any atom is -0.325 e. The molecule has 0 unspecified atom stereocenters. The third-order valence-corrected chi connectivity index (χ3v) is 6.23. The fraction of sp³-hybridized carbons (Fsp3) is 0.150. The second kappa shape index (κ2) is 6.46. The monoisotopic (exact) mass is 351 g/mol. The molecule has 0 fully saturated rings. The molecule has 0 radical (unpaired) electrons. The van der Waals surface area contributed by atoms with Crippen LogP contribution in [0.15, 0.2) is 64.9 Å². The Morgan fingerprint density at radius 3 is 2.54 bits per heavy atom. The van der Waals surface area contributed by atoms with Gasteiger partial charge in [0.15, 0.2) is 0 Å². The highest BCUT2D eigenvalue weighted by molar-refractivity contribution is 7.98. The molecule has 2 heterocycles. The number of hydrogen-bond acceptors (Lipinski definition) is 3. The highest BCUT2D eigenvalue weighted by atomic mass is 32.2. The molecule has 0 saturated heterocycles. The first-order valence-corrected chi connectivity index (χ1v) is 9.97. The SMILES string of the molecule is CSc1ccc([C@H]2CC(=O)Nc3c(-c4ccccc4)csc32)cc1. The predicted molar refractivity (Wildman–Crippen MR) is 103 cm³/mol. The Morgan fingerprint density at radius 2 is 1.83 bits per heavy atom. The van der Waals surface area contributed by atoms with E-state index < -0.39 is 0 Å². The number of thiophene rings is 1. The molecule has 1 N–H and O–H groups in total. The lowest BCUT2D eigenvalue weighted by atomic mass is 9.89. The quantitative estimate of drug-likeness (QED) is 0.621. The molecule has 24 heavy (non-hydrogen) atoms. The Balaban J connectivity index is 1.78. The highest BCUT2D eigenvalue weighted by Gasteiger charge is 2.30. The number of anilines is 1. The van der Waals surface area contributed by atoms with Crippen LogP contribution in [0.1, 0.15) is 22.8 Å². The molecule has 1 aliphatic rings. The number of amides is 1. The predicted octanol–water partition coefficient (Wildman–Crippen LogP) is 5.61. The lowest BCUT2D eigenvalue weighted by molar-refractivity contribution is -0.116. The molecule has 0 saturated carbocycles. The van der Waals surface area contributed by atoms with E-state index in [1.807, 2.05) is 18.2 Å². The molecule has 2 aromatic carbocycles. The summed E-state index contributed by atoms with van der Waals surface area (Å²) in [5.41, 5.74) is 4.47. The van der Waals surface area contributed by atoms with Crippen molar-refractivity contribution in [2.24, 2.45) is 0 Å².